The zero-order chi connectivity index (χ0) is 13.9. The molecule has 0 saturated heterocycles. The van der Waals surface area contributed by atoms with Gasteiger partial charge in [0.25, 0.3) is 0 Å². The molecule has 0 aliphatic heterocycles. The number of hydrogen-bond donors (Lipinski definition) is 1. The average molecular weight is 288 g/mol. The van der Waals surface area contributed by atoms with E-state index in [-0.39, 0.29) is 0 Å². The predicted octanol–water partition coefficient (Wildman–Crippen LogP) is 3.61. The van der Waals surface area contributed by atoms with Crippen molar-refractivity contribution in [3.8, 4) is 5.75 Å². The second-order valence-electron chi connectivity index (χ2n) is 4.40. The zero-order valence-electron chi connectivity index (χ0n) is 11.0. The minimum absolute atomic E-state index is 0.603. The summed E-state index contributed by atoms with van der Waals surface area (Å²) in [6, 6.07) is 11.5. The summed E-state index contributed by atoms with van der Waals surface area (Å²) in [5.41, 5.74) is 2.87. The van der Waals surface area contributed by atoms with Crippen molar-refractivity contribution in [1.29, 1.82) is 0 Å². The van der Waals surface area contributed by atoms with E-state index in [2.05, 4.69) is 10.3 Å². The number of ether oxygens (including phenoxy) is 1. The first-order valence-electron chi connectivity index (χ1n) is 6.26. The lowest BCUT2D eigenvalue weighted by Gasteiger charge is -2.08. The lowest BCUT2D eigenvalue weighted by atomic mass is 10.3. The highest BCUT2D eigenvalue weighted by atomic mass is 35.5. The third-order valence-electron chi connectivity index (χ3n) is 3.04. The Morgan fingerprint density at radius 1 is 1.30 bits per heavy atom. The van der Waals surface area contributed by atoms with Crippen molar-refractivity contribution in [1.82, 2.24) is 9.38 Å². The van der Waals surface area contributed by atoms with Gasteiger partial charge in [0.05, 0.1) is 24.4 Å². The summed E-state index contributed by atoms with van der Waals surface area (Å²) >= 11 is 6.00. The molecule has 0 spiro atoms. The molecule has 20 heavy (non-hydrogen) atoms. The van der Waals surface area contributed by atoms with Crippen molar-refractivity contribution in [2.45, 2.75) is 6.54 Å². The van der Waals surface area contributed by atoms with Crippen molar-refractivity contribution >= 4 is 22.9 Å². The van der Waals surface area contributed by atoms with E-state index in [1.807, 2.05) is 53.2 Å². The Labute approximate surface area is 122 Å². The number of fused-ring (bicyclic) bond motifs is 1. The SMILES string of the molecule is COc1cc(NCc2cn3ccccc3n2)ccc1Cl. The molecule has 5 heteroatoms. The molecular formula is C15H14ClN3O. The highest BCUT2D eigenvalue weighted by Crippen LogP contribution is 2.27. The number of anilines is 1. The first kappa shape index (κ1) is 12.8. The van der Waals surface area contributed by atoms with E-state index >= 15 is 0 Å². The molecule has 0 aliphatic rings. The quantitative estimate of drug-likeness (QED) is 0.797. The number of rotatable bonds is 4. The van der Waals surface area contributed by atoms with Crippen LogP contribution in [0.3, 0.4) is 0 Å². The van der Waals surface area contributed by atoms with Gasteiger partial charge in [-0.1, -0.05) is 17.7 Å². The van der Waals surface area contributed by atoms with E-state index in [1.54, 1.807) is 7.11 Å². The van der Waals surface area contributed by atoms with Crippen LogP contribution in [0.2, 0.25) is 5.02 Å². The first-order chi connectivity index (χ1) is 9.76. The maximum Gasteiger partial charge on any atom is 0.139 e. The largest absolute Gasteiger partial charge is 0.495 e. The van der Waals surface area contributed by atoms with Crippen LogP contribution in [0.5, 0.6) is 5.75 Å². The van der Waals surface area contributed by atoms with Gasteiger partial charge in [0.15, 0.2) is 0 Å². The maximum absolute atomic E-state index is 6.00. The molecule has 0 radical (unpaired) electrons. The van der Waals surface area contributed by atoms with Crippen LogP contribution in [0.4, 0.5) is 5.69 Å². The smallest absolute Gasteiger partial charge is 0.139 e. The Kier molecular flexibility index (Phi) is 3.48. The predicted molar refractivity (Wildman–Crippen MR) is 80.5 cm³/mol. The van der Waals surface area contributed by atoms with Crippen molar-refractivity contribution in [3.63, 3.8) is 0 Å². The van der Waals surface area contributed by atoms with Crippen LogP contribution in [0.15, 0.2) is 48.8 Å². The lowest BCUT2D eigenvalue weighted by molar-refractivity contribution is 0.415. The average Bonchev–Trinajstić information content (AvgIpc) is 2.89. The van der Waals surface area contributed by atoms with Gasteiger partial charge in [-0.2, -0.15) is 0 Å². The van der Waals surface area contributed by atoms with Crippen molar-refractivity contribution in [2.75, 3.05) is 12.4 Å². The van der Waals surface area contributed by atoms with Gasteiger partial charge in [0, 0.05) is 24.1 Å². The number of benzene rings is 1. The van der Waals surface area contributed by atoms with E-state index in [0.29, 0.717) is 17.3 Å². The number of aromatic nitrogens is 2. The molecule has 3 aromatic rings. The number of methoxy groups -OCH3 is 1. The van der Waals surface area contributed by atoms with Crippen LogP contribution in [-0.4, -0.2) is 16.5 Å². The molecule has 0 aliphatic carbocycles. The van der Waals surface area contributed by atoms with Gasteiger partial charge in [-0.25, -0.2) is 4.98 Å². The Morgan fingerprint density at radius 2 is 2.20 bits per heavy atom. The number of imidazole rings is 1. The molecule has 0 atom stereocenters. The molecule has 0 fully saturated rings. The summed E-state index contributed by atoms with van der Waals surface area (Å²) in [5.74, 6) is 0.659. The minimum atomic E-state index is 0.603. The number of hydrogen-bond acceptors (Lipinski definition) is 3. The third kappa shape index (κ3) is 2.56. The number of nitrogens with one attached hydrogen (secondary N) is 1. The first-order valence-corrected chi connectivity index (χ1v) is 6.64. The highest BCUT2D eigenvalue weighted by Gasteiger charge is 2.04. The van der Waals surface area contributed by atoms with Crippen LogP contribution in [-0.2, 0) is 6.54 Å². The molecule has 0 saturated carbocycles. The summed E-state index contributed by atoms with van der Waals surface area (Å²) in [6.07, 6.45) is 3.99. The van der Waals surface area contributed by atoms with E-state index < -0.39 is 0 Å². The highest BCUT2D eigenvalue weighted by molar-refractivity contribution is 6.32. The van der Waals surface area contributed by atoms with Crippen LogP contribution in [0, 0.1) is 0 Å². The van der Waals surface area contributed by atoms with Crippen LogP contribution in [0.1, 0.15) is 5.69 Å². The van der Waals surface area contributed by atoms with Crippen molar-refractivity contribution in [3.05, 3.63) is 59.5 Å². The summed E-state index contributed by atoms with van der Waals surface area (Å²) in [7, 11) is 1.60. The Morgan fingerprint density at radius 3 is 3.00 bits per heavy atom. The zero-order valence-corrected chi connectivity index (χ0v) is 11.8. The van der Waals surface area contributed by atoms with Gasteiger partial charge in [-0.15, -0.1) is 0 Å². The van der Waals surface area contributed by atoms with Gasteiger partial charge < -0.3 is 14.5 Å². The number of nitrogens with zero attached hydrogens (tertiary/aromatic N) is 2. The summed E-state index contributed by atoms with van der Waals surface area (Å²) in [4.78, 5) is 4.53. The van der Waals surface area contributed by atoms with E-state index in [0.717, 1.165) is 17.0 Å². The van der Waals surface area contributed by atoms with Gasteiger partial charge in [-0.05, 0) is 24.3 Å². The molecule has 0 amide bonds. The molecule has 2 heterocycles. The van der Waals surface area contributed by atoms with Crippen molar-refractivity contribution < 1.29 is 4.74 Å². The second kappa shape index (κ2) is 5.43. The Bertz CT molecular complexity index is 706. The van der Waals surface area contributed by atoms with Gasteiger partial charge in [-0.3, -0.25) is 0 Å². The summed E-state index contributed by atoms with van der Waals surface area (Å²) < 4.78 is 7.19. The Hall–Kier alpha value is -2.20. The fraction of sp³-hybridized carbons (Fsp3) is 0.133. The fourth-order valence-electron chi connectivity index (χ4n) is 2.03. The monoisotopic (exact) mass is 287 g/mol. The van der Waals surface area contributed by atoms with E-state index in [1.165, 1.54) is 0 Å². The summed E-state index contributed by atoms with van der Waals surface area (Å²) in [6.45, 7) is 0.645. The summed E-state index contributed by atoms with van der Waals surface area (Å²) in [5, 5.41) is 3.91. The molecular weight excluding hydrogens is 274 g/mol. The van der Waals surface area contributed by atoms with Crippen LogP contribution >= 0.6 is 11.6 Å². The maximum atomic E-state index is 6.00. The molecule has 3 rings (SSSR count). The minimum Gasteiger partial charge on any atom is -0.495 e. The number of halogens is 1. The molecule has 0 bridgehead atoms. The fourth-order valence-corrected chi connectivity index (χ4v) is 2.23. The topological polar surface area (TPSA) is 38.6 Å². The normalized spacial score (nSPS) is 10.7. The standard InChI is InChI=1S/C15H14ClN3O/c1-20-14-8-11(5-6-13(14)16)17-9-12-10-19-7-3-2-4-15(19)18-12/h2-8,10,17H,9H2,1H3. The Balaban J connectivity index is 1.75. The van der Waals surface area contributed by atoms with Gasteiger partial charge in [0.2, 0.25) is 0 Å². The molecule has 102 valence electrons. The number of pyridine rings is 1. The molecule has 1 aromatic carbocycles. The van der Waals surface area contributed by atoms with Gasteiger partial charge in [0.1, 0.15) is 11.4 Å². The van der Waals surface area contributed by atoms with E-state index in [9.17, 15) is 0 Å². The molecule has 0 unspecified atom stereocenters. The second-order valence-corrected chi connectivity index (χ2v) is 4.81. The third-order valence-corrected chi connectivity index (χ3v) is 3.35. The molecule has 4 nitrogen and oxygen atoms in total. The molecule has 1 N–H and O–H groups in total. The molecule has 2 aromatic heterocycles. The van der Waals surface area contributed by atoms with E-state index in [4.69, 9.17) is 16.3 Å². The lowest BCUT2D eigenvalue weighted by Crippen LogP contribution is -1.99. The van der Waals surface area contributed by atoms with Gasteiger partial charge >= 0.3 is 0 Å². The van der Waals surface area contributed by atoms with Crippen molar-refractivity contribution in [2.24, 2.45) is 0 Å². The van der Waals surface area contributed by atoms with Crippen LogP contribution < -0.4 is 10.1 Å². The van der Waals surface area contributed by atoms with Crippen LogP contribution in [0.25, 0.3) is 5.65 Å².